The predicted octanol–water partition coefficient (Wildman–Crippen LogP) is 5.19. The van der Waals surface area contributed by atoms with E-state index in [1.807, 2.05) is 6.07 Å². The van der Waals surface area contributed by atoms with E-state index in [0.29, 0.717) is 36.7 Å². The van der Waals surface area contributed by atoms with Crippen molar-refractivity contribution in [1.82, 2.24) is 10.2 Å². The highest BCUT2D eigenvalue weighted by molar-refractivity contribution is 9.10. The number of sulfone groups is 1. The summed E-state index contributed by atoms with van der Waals surface area (Å²) in [5.41, 5.74) is 1.92. The van der Waals surface area contributed by atoms with E-state index in [-0.39, 0.29) is 21.8 Å². The van der Waals surface area contributed by atoms with E-state index in [4.69, 9.17) is 4.74 Å². The zero-order valence-electron chi connectivity index (χ0n) is 20.7. The third-order valence-corrected chi connectivity index (χ3v) is 10.4. The van der Waals surface area contributed by atoms with E-state index in [2.05, 4.69) is 26.1 Å². The fourth-order valence-electron chi connectivity index (χ4n) is 5.03. The normalized spacial score (nSPS) is 17.4. The molecule has 0 unspecified atom stereocenters. The number of thiophene rings is 1. The number of nitrogens with one attached hydrogen (secondary N) is 1. The Labute approximate surface area is 233 Å². The molecule has 1 spiro atoms. The summed E-state index contributed by atoms with van der Waals surface area (Å²) < 4.78 is 57.6. The van der Waals surface area contributed by atoms with Gasteiger partial charge >= 0.3 is 0 Å². The summed E-state index contributed by atoms with van der Waals surface area (Å²) in [6.45, 7) is 2.64. The van der Waals surface area contributed by atoms with E-state index in [0.717, 1.165) is 41.5 Å². The van der Waals surface area contributed by atoms with Crippen molar-refractivity contribution in [3.63, 3.8) is 0 Å². The van der Waals surface area contributed by atoms with E-state index < -0.39 is 27.1 Å². The van der Waals surface area contributed by atoms with Crippen LogP contribution in [0.5, 0.6) is 0 Å². The first-order valence-electron chi connectivity index (χ1n) is 12.2. The van der Waals surface area contributed by atoms with E-state index in [1.165, 1.54) is 35.6 Å². The minimum atomic E-state index is -3.27. The molecule has 11 heteroatoms. The van der Waals surface area contributed by atoms with Gasteiger partial charge in [-0.25, -0.2) is 17.2 Å². The average Bonchev–Trinajstić information content (AvgIpc) is 3.35. The van der Waals surface area contributed by atoms with Gasteiger partial charge in [-0.1, -0.05) is 18.2 Å². The van der Waals surface area contributed by atoms with Crippen LogP contribution in [0.4, 0.5) is 8.78 Å². The summed E-state index contributed by atoms with van der Waals surface area (Å²) in [5.74, 6) is -1.36. The van der Waals surface area contributed by atoms with Crippen LogP contribution in [-0.2, 0) is 39.7 Å². The van der Waals surface area contributed by atoms with Gasteiger partial charge in [0.1, 0.15) is 17.2 Å². The minimum Gasteiger partial charge on any atom is -0.369 e. The topological polar surface area (TPSA) is 75.7 Å². The van der Waals surface area contributed by atoms with Crippen LogP contribution in [0.1, 0.15) is 44.1 Å². The Balaban J connectivity index is 1.24. The van der Waals surface area contributed by atoms with Crippen LogP contribution in [0.25, 0.3) is 0 Å². The van der Waals surface area contributed by atoms with Gasteiger partial charge in [-0.3, -0.25) is 9.69 Å². The number of ether oxygens (including phenoxy) is 1. The van der Waals surface area contributed by atoms with Gasteiger partial charge in [0.25, 0.3) is 5.91 Å². The number of nitrogens with zero attached hydrogens (tertiary/aromatic N) is 1. The Hall–Kier alpha value is -2.18. The highest BCUT2D eigenvalue weighted by Gasteiger charge is 2.42. The molecule has 1 N–H and O–H groups in total. The average molecular weight is 626 g/mol. The maximum atomic E-state index is 14.5. The van der Waals surface area contributed by atoms with Crippen LogP contribution in [0.15, 0.2) is 51.8 Å². The van der Waals surface area contributed by atoms with Crippen molar-refractivity contribution < 1.29 is 26.7 Å². The lowest BCUT2D eigenvalue weighted by Crippen LogP contribution is -2.45. The van der Waals surface area contributed by atoms with Crippen LogP contribution >= 0.6 is 27.3 Å². The van der Waals surface area contributed by atoms with Gasteiger partial charge in [-0.15, -0.1) is 11.3 Å². The molecule has 1 saturated heterocycles. The minimum absolute atomic E-state index is 0.140. The Kier molecular flexibility index (Phi) is 7.76. The largest absolute Gasteiger partial charge is 0.369 e. The number of rotatable bonds is 6. The van der Waals surface area contributed by atoms with Gasteiger partial charge in [-0.05, 0) is 70.6 Å². The lowest BCUT2D eigenvalue weighted by molar-refractivity contribution is -0.0961. The summed E-state index contributed by atoms with van der Waals surface area (Å²) in [5, 5.41) is 2.93. The number of carbonyl (C=O) groups excluding carboxylic acids is 1. The molecule has 0 atom stereocenters. The number of hydrogen-bond acceptors (Lipinski definition) is 6. The summed E-state index contributed by atoms with van der Waals surface area (Å²) in [6.07, 6.45) is 3.34. The SMILES string of the molecule is CS(=O)(=O)c1ccc(CNC(=O)c2cc3c(s2)C2(CCN(Cc4ccc(F)c(Br)c4F)CC2)OCC3)cc1. The van der Waals surface area contributed by atoms with Gasteiger partial charge in [0.2, 0.25) is 0 Å². The number of piperidine rings is 1. The van der Waals surface area contributed by atoms with Gasteiger partial charge in [0, 0.05) is 42.9 Å². The monoisotopic (exact) mass is 624 g/mol. The molecule has 1 aromatic heterocycles. The Morgan fingerprint density at radius 3 is 2.55 bits per heavy atom. The molecule has 6 nitrogen and oxygen atoms in total. The van der Waals surface area contributed by atoms with Gasteiger partial charge in [0.05, 0.1) is 20.9 Å². The Morgan fingerprint density at radius 1 is 1.16 bits per heavy atom. The molecule has 0 bridgehead atoms. The van der Waals surface area contributed by atoms with E-state index >= 15 is 0 Å². The zero-order chi connectivity index (χ0) is 27.1. The molecule has 5 rings (SSSR count). The fraction of sp³-hybridized carbons (Fsp3) is 0.370. The molecular formula is C27H27BrF2N2O4S2. The second-order valence-corrected chi connectivity index (χ2v) is 13.6. The van der Waals surface area contributed by atoms with Crippen molar-refractivity contribution in [1.29, 1.82) is 0 Å². The fourth-order valence-corrected chi connectivity index (χ4v) is 7.37. The number of likely N-dealkylation sites (tertiary alicyclic amines) is 1. The number of fused-ring (bicyclic) bond motifs is 2. The highest BCUT2D eigenvalue weighted by Crippen LogP contribution is 2.45. The molecule has 2 aromatic carbocycles. The molecule has 1 amide bonds. The first-order valence-corrected chi connectivity index (χ1v) is 15.7. The molecule has 3 aromatic rings. The van der Waals surface area contributed by atoms with Crippen molar-refractivity contribution in [3.05, 3.63) is 85.0 Å². The molecule has 3 heterocycles. The maximum Gasteiger partial charge on any atom is 0.261 e. The number of amides is 1. The van der Waals surface area contributed by atoms with Crippen molar-refractivity contribution in [2.75, 3.05) is 26.0 Å². The number of halogens is 3. The van der Waals surface area contributed by atoms with Crippen molar-refractivity contribution in [2.24, 2.45) is 0 Å². The standard InChI is InChI=1S/C27H27BrF2N2O4S2/c1-38(34,35)20-5-2-17(3-6-20)15-31-26(33)22-14-18-8-13-36-27(25(18)37-22)9-11-32(12-10-27)16-19-4-7-21(29)23(28)24(19)30/h2-7,14H,8-13,15-16H2,1H3,(H,31,33). The molecule has 2 aliphatic heterocycles. The molecule has 2 aliphatic rings. The molecule has 38 heavy (non-hydrogen) atoms. The second-order valence-electron chi connectivity index (χ2n) is 9.77. The summed E-state index contributed by atoms with van der Waals surface area (Å²) in [7, 11) is -3.27. The first-order chi connectivity index (χ1) is 18.1. The Bertz CT molecular complexity index is 1470. The Morgan fingerprint density at radius 2 is 1.87 bits per heavy atom. The van der Waals surface area contributed by atoms with Crippen LogP contribution in [0.3, 0.4) is 0 Å². The van der Waals surface area contributed by atoms with Crippen LogP contribution in [0, 0.1) is 11.6 Å². The smallest absolute Gasteiger partial charge is 0.261 e. The van der Waals surface area contributed by atoms with Gasteiger partial charge in [0.15, 0.2) is 9.84 Å². The van der Waals surface area contributed by atoms with Crippen molar-refractivity contribution in [3.8, 4) is 0 Å². The van der Waals surface area contributed by atoms with E-state index in [1.54, 1.807) is 12.1 Å². The number of carbonyl (C=O) groups is 1. The van der Waals surface area contributed by atoms with Crippen LogP contribution < -0.4 is 5.32 Å². The third kappa shape index (κ3) is 5.58. The zero-order valence-corrected chi connectivity index (χ0v) is 23.9. The summed E-state index contributed by atoms with van der Waals surface area (Å²) in [6, 6.07) is 11.2. The van der Waals surface area contributed by atoms with Crippen molar-refractivity contribution >= 4 is 43.0 Å². The predicted molar refractivity (Wildman–Crippen MR) is 145 cm³/mol. The number of benzene rings is 2. The quantitative estimate of drug-likeness (QED) is 0.382. The third-order valence-electron chi connectivity index (χ3n) is 7.17. The van der Waals surface area contributed by atoms with Gasteiger partial charge in [-0.2, -0.15) is 0 Å². The molecule has 0 radical (unpaired) electrons. The molecule has 1 fully saturated rings. The molecular weight excluding hydrogens is 598 g/mol. The lowest BCUT2D eigenvalue weighted by Gasteiger charge is -2.43. The summed E-state index contributed by atoms with van der Waals surface area (Å²) in [4.78, 5) is 17.0. The molecule has 0 saturated carbocycles. The molecule has 0 aliphatic carbocycles. The summed E-state index contributed by atoms with van der Waals surface area (Å²) >= 11 is 4.43. The van der Waals surface area contributed by atoms with E-state index in [9.17, 15) is 22.0 Å². The van der Waals surface area contributed by atoms with Gasteiger partial charge < -0.3 is 10.1 Å². The number of hydrogen-bond donors (Lipinski definition) is 1. The lowest BCUT2D eigenvalue weighted by atomic mass is 9.85. The van der Waals surface area contributed by atoms with Crippen LogP contribution in [0.2, 0.25) is 0 Å². The van der Waals surface area contributed by atoms with Crippen LogP contribution in [-0.4, -0.2) is 45.2 Å². The maximum absolute atomic E-state index is 14.5. The first kappa shape index (κ1) is 27.4. The molecule has 202 valence electrons. The highest BCUT2D eigenvalue weighted by atomic mass is 79.9. The van der Waals surface area contributed by atoms with Crippen molar-refractivity contribution in [2.45, 2.75) is 42.8 Å². The second kappa shape index (κ2) is 10.8.